The van der Waals surface area contributed by atoms with Gasteiger partial charge in [-0.05, 0) is 25.1 Å². The van der Waals surface area contributed by atoms with Crippen LogP contribution in [0.4, 0.5) is 5.00 Å². The lowest BCUT2D eigenvalue weighted by Crippen LogP contribution is -2.25. The Bertz CT molecular complexity index is 314. The number of nitrogens with two attached hydrogens (primary N) is 1. The predicted octanol–water partition coefficient (Wildman–Crippen LogP) is 2.10. The minimum Gasteiger partial charge on any atom is -0.330 e. The summed E-state index contributed by atoms with van der Waals surface area (Å²) in [6, 6.07) is 3.63. The molecule has 0 aliphatic heterocycles. The van der Waals surface area contributed by atoms with Gasteiger partial charge in [-0.25, -0.2) is 0 Å². The summed E-state index contributed by atoms with van der Waals surface area (Å²) in [7, 11) is 1.75. The summed E-state index contributed by atoms with van der Waals surface area (Å²) in [5.74, 6) is 0.0777. The van der Waals surface area contributed by atoms with Gasteiger partial charge in [-0.2, -0.15) is 0 Å². The molecule has 0 fully saturated rings. The zero-order valence-corrected chi connectivity index (χ0v) is 9.57. The van der Waals surface area contributed by atoms with Crippen molar-refractivity contribution in [1.82, 2.24) is 0 Å². The Morgan fingerprint density at radius 3 is 2.86 bits per heavy atom. The van der Waals surface area contributed by atoms with E-state index in [1.807, 2.05) is 6.07 Å². The van der Waals surface area contributed by atoms with Gasteiger partial charge in [0.05, 0.1) is 9.34 Å². The number of halogens is 1. The molecular formula is C9H13ClN2OS. The third-order valence-corrected chi connectivity index (χ3v) is 3.17. The molecule has 1 aromatic rings. The van der Waals surface area contributed by atoms with Crippen molar-refractivity contribution in [2.24, 2.45) is 5.73 Å². The van der Waals surface area contributed by atoms with E-state index in [4.69, 9.17) is 17.3 Å². The SMILES string of the molecule is CN(C(=O)CCCN)c1ccc(Cl)s1. The van der Waals surface area contributed by atoms with Gasteiger partial charge in [0, 0.05) is 13.5 Å². The monoisotopic (exact) mass is 232 g/mol. The predicted molar refractivity (Wildman–Crippen MR) is 61.0 cm³/mol. The highest BCUT2D eigenvalue weighted by Crippen LogP contribution is 2.29. The van der Waals surface area contributed by atoms with Crippen molar-refractivity contribution in [3.05, 3.63) is 16.5 Å². The highest BCUT2D eigenvalue weighted by atomic mass is 35.5. The number of nitrogens with zero attached hydrogens (tertiary/aromatic N) is 1. The third-order valence-electron chi connectivity index (χ3n) is 1.86. The molecule has 1 amide bonds. The molecule has 0 atom stereocenters. The molecule has 1 heterocycles. The van der Waals surface area contributed by atoms with Gasteiger partial charge in [0.25, 0.3) is 0 Å². The van der Waals surface area contributed by atoms with Crippen LogP contribution in [-0.4, -0.2) is 19.5 Å². The van der Waals surface area contributed by atoms with Crippen molar-refractivity contribution in [3.63, 3.8) is 0 Å². The Morgan fingerprint density at radius 2 is 2.36 bits per heavy atom. The number of thiophene rings is 1. The van der Waals surface area contributed by atoms with E-state index in [1.54, 1.807) is 18.0 Å². The molecule has 1 aromatic heterocycles. The number of hydrogen-bond donors (Lipinski definition) is 1. The lowest BCUT2D eigenvalue weighted by molar-refractivity contribution is -0.118. The molecule has 2 N–H and O–H groups in total. The second-order valence-electron chi connectivity index (χ2n) is 2.92. The average Bonchev–Trinajstić information content (AvgIpc) is 2.60. The topological polar surface area (TPSA) is 46.3 Å². The molecule has 0 saturated carbocycles. The average molecular weight is 233 g/mol. The first-order valence-electron chi connectivity index (χ1n) is 4.37. The van der Waals surface area contributed by atoms with Crippen LogP contribution in [0.1, 0.15) is 12.8 Å². The van der Waals surface area contributed by atoms with Crippen molar-refractivity contribution < 1.29 is 4.79 Å². The van der Waals surface area contributed by atoms with Crippen LogP contribution in [0.3, 0.4) is 0 Å². The minimum absolute atomic E-state index is 0.0777. The van der Waals surface area contributed by atoms with Crippen molar-refractivity contribution >= 4 is 33.8 Å². The largest absolute Gasteiger partial charge is 0.330 e. The van der Waals surface area contributed by atoms with Crippen molar-refractivity contribution in [1.29, 1.82) is 0 Å². The molecule has 3 nitrogen and oxygen atoms in total. The molecule has 0 spiro atoms. The number of amides is 1. The summed E-state index contributed by atoms with van der Waals surface area (Å²) in [5, 5.41) is 0.872. The van der Waals surface area contributed by atoms with E-state index in [2.05, 4.69) is 0 Å². The van der Waals surface area contributed by atoms with E-state index >= 15 is 0 Å². The molecule has 0 saturated heterocycles. The van der Waals surface area contributed by atoms with Gasteiger partial charge in [-0.3, -0.25) is 4.79 Å². The van der Waals surface area contributed by atoms with Crippen LogP contribution in [0, 0.1) is 0 Å². The van der Waals surface area contributed by atoms with Crippen LogP contribution in [-0.2, 0) is 4.79 Å². The van der Waals surface area contributed by atoms with Crippen LogP contribution >= 0.6 is 22.9 Å². The second kappa shape index (κ2) is 5.34. The van der Waals surface area contributed by atoms with Gasteiger partial charge >= 0.3 is 0 Å². The van der Waals surface area contributed by atoms with Crippen molar-refractivity contribution in [2.45, 2.75) is 12.8 Å². The molecule has 78 valence electrons. The normalized spacial score (nSPS) is 10.2. The Kier molecular flexibility index (Phi) is 4.38. The molecule has 5 heteroatoms. The van der Waals surface area contributed by atoms with Crippen LogP contribution in [0.25, 0.3) is 0 Å². The summed E-state index contributed by atoms with van der Waals surface area (Å²) in [5.41, 5.74) is 5.33. The Morgan fingerprint density at radius 1 is 1.64 bits per heavy atom. The first-order chi connectivity index (χ1) is 6.65. The number of hydrogen-bond acceptors (Lipinski definition) is 3. The van der Waals surface area contributed by atoms with E-state index in [9.17, 15) is 4.79 Å². The van der Waals surface area contributed by atoms with Crippen molar-refractivity contribution in [3.8, 4) is 0 Å². The summed E-state index contributed by atoms with van der Waals surface area (Å²) in [6.45, 7) is 0.546. The summed E-state index contributed by atoms with van der Waals surface area (Å²) in [6.07, 6.45) is 1.21. The van der Waals surface area contributed by atoms with Crippen LogP contribution in [0.2, 0.25) is 4.34 Å². The van der Waals surface area contributed by atoms with Gasteiger partial charge in [0.15, 0.2) is 0 Å². The van der Waals surface area contributed by atoms with Gasteiger partial charge in [-0.1, -0.05) is 11.6 Å². The smallest absolute Gasteiger partial charge is 0.227 e. The summed E-state index contributed by atoms with van der Waals surface area (Å²) in [4.78, 5) is 13.2. The van der Waals surface area contributed by atoms with Gasteiger partial charge in [0.1, 0.15) is 0 Å². The third kappa shape index (κ3) is 2.97. The fourth-order valence-electron chi connectivity index (χ4n) is 1.03. The lowest BCUT2D eigenvalue weighted by atomic mass is 10.3. The van der Waals surface area contributed by atoms with Gasteiger partial charge in [-0.15, -0.1) is 11.3 Å². The molecule has 14 heavy (non-hydrogen) atoms. The standard InChI is InChI=1S/C9H13ClN2OS/c1-12(8(13)3-2-6-11)9-5-4-7(10)14-9/h4-5H,2-3,6,11H2,1H3. The maximum Gasteiger partial charge on any atom is 0.227 e. The number of carbonyl (C=O) groups is 1. The summed E-state index contributed by atoms with van der Waals surface area (Å²) >= 11 is 7.17. The molecule has 0 aliphatic carbocycles. The summed E-state index contributed by atoms with van der Waals surface area (Å²) < 4.78 is 0.693. The highest BCUT2D eigenvalue weighted by Gasteiger charge is 2.11. The number of rotatable bonds is 4. The molecule has 0 radical (unpaired) electrons. The van der Waals surface area contributed by atoms with Crippen LogP contribution in [0.5, 0.6) is 0 Å². The van der Waals surface area contributed by atoms with Gasteiger partial charge < -0.3 is 10.6 Å². The Labute approximate surface area is 92.5 Å². The molecule has 0 unspecified atom stereocenters. The first-order valence-corrected chi connectivity index (χ1v) is 5.56. The molecular weight excluding hydrogens is 220 g/mol. The minimum atomic E-state index is 0.0777. The van der Waals surface area contributed by atoms with Crippen LogP contribution < -0.4 is 10.6 Å². The number of anilines is 1. The van der Waals surface area contributed by atoms with E-state index in [0.717, 1.165) is 11.4 Å². The van der Waals surface area contributed by atoms with E-state index in [-0.39, 0.29) is 5.91 Å². The highest BCUT2D eigenvalue weighted by molar-refractivity contribution is 7.20. The quantitative estimate of drug-likeness (QED) is 0.864. The first kappa shape index (κ1) is 11.5. The van der Waals surface area contributed by atoms with E-state index in [0.29, 0.717) is 17.3 Å². The fraction of sp³-hybridized carbons (Fsp3) is 0.444. The molecule has 1 rings (SSSR count). The molecule has 0 aromatic carbocycles. The second-order valence-corrected chi connectivity index (χ2v) is 4.62. The number of carbonyl (C=O) groups excluding carboxylic acids is 1. The van der Waals surface area contributed by atoms with Crippen molar-refractivity contribution in [2.75, 3.05) is 18.5 Å². The van der Waals surface area contributed by atoms with E-state index in [1.165, 1.54) is 11.3 Å². The fourth-order valence-corrected chi connectivity index (χ4v) is 2.04. The van der Waals surface area contributed by atoms with Crippen LogP contribution in [0.15, 0.2) is 12.1 Å². The zero-order chi connectivity index (χ0) is 10.6. The molecule has 0 bridgehead atoms. The van der Waals surface area contributed by atoms with Gasteiger partial charge in [0.2, 0.25) is 5.91 Å². The van der Waals surface area contributed by atoms with E-state index < -0.39 is 0 Å². The Balaban J connectivity index is 2.56. The molecule has 0 aliphatic rings. The lowest BCUT2D eigenvalue weighted by Gasteiger charge is -2.14. The zero-order valence-electron chi connectivity index (χ0n) is 8.00. The Hall–Kier alpha value is -0.580. The maximum absolute atomic E-state index is 11.5. The maximum atomic E-state index is 11.5.